The van der Waals surface area contributed by atoms with E-state index in [4.69, 9.17) is 0 Å². The molecule has 0 aliphatic rings. The van der Waals surface area contributed by atoms with E-state index < -0.39 is 10.8 Å². The third-order valence-electron chi connectivity index (χ3n) is 2.51. The van der Waals surface area contributed by atoms with Crippen LogP contribution in [0.4, 0.5) is 11.6 Å². The van der Waals surface area contributed by atoms with Crippen LogP contribution in [0.25, 0.3) is 0 Å². The summed E-state index contributed by atoms with van der Waals surface area (Å²) in [6.07, 6.45) is 4.12. The Labute approximate surface area is 111 Å². The molecule has 18 heavy (non-hydrogen) atoms. The normalized spacial score (nSPS) is 14.0. The van der Waals surface area contributed by atoms with Gasteiger partial charge in [0.05, 0.1) is 0 Å². The molecule has 0 aliphatic heterocycles. The largest absolute Gasteiger partial charge is 0.370 e. The first kappa shape index (κ1) is 14.9. The first-order valence-corrected chi connectivity index (χ1v) is 7.95. The molecule has 1 aromatic rings. The molecule has 1 heterocycles. The fraction of sp³-hybridized carbons (Fsp3) is 0.667. The molecule has 2 N–H and O–H groups in total. The van der Waals surface area contributed by atoms with E-state index in [1.54, 1.807) is 12.6 Å². The Balaban J connectivity index is 2.87. The van der Waals surface area contributed by atoms with Crippen LogP contribution in [0.5, 0.6) is 0 Å². The van der Waals surface area contributed by atoms with Gasteiger partial charge in [0.25, 0.3) is 0 Å². The highest BCUT2D eigenvalue weighted by molar-refractivity contribution is 7.84. The van der Waals surface area contributed by atoms with Crippen LogP contribution in [-0.4, -0.2) is 38.8 Å². The molecule has 0 fully saturated rings. The van der Waals surface area contributed by atoms with Crippen molar-refractivity contribution < 1.29 is 4.21 Å². The van der Waals surface area contributed by atoms with E-state index in [9.17, 15) is 4.21 Å². The molecule has 0 amide bonds. The maximum absolute atomic E-state index is 11.2. The van der Waals surface area contributed by atoms with Gasteiger partial charge in [0.1, 0.15) is 18.0 Å². The molecule has 2 atom stereocenters. The van der Waals surface area contributed by atoms with Crippen molar-refractivity contribution in [1.82, 2.24) is 9.97 Å². The zero-order valence-electron chi connectivity index (χ0n) is 11.5. The lowest BCUT2D eigenvalue weighted by atomic mass is 10.2. The van der Waals surface area contributed by atoms with Crippen LogP contribution in [0.15, 0.2) is 6.33 Å². The molecule has 102 valence electrons. The molecule has 1 aromatic heterocycles. The van der Waals surface area contributed by atoms with E-state index in [2.05, 4.69) is 27.5 Å². The second-order valence-electron chi connectivity index (χ2n) is 4.22. The van der Waals surface area contributed by atoms with Gasteiger partial charge >= 0.3 is 0 Å². The van der Waals surface area contributed by atoms with E-state index in [-0.39, 0.29) is 6.04 Å². The zero-order chi connectivity index (χ0) is 13.5. The van der Waals surface area contributed by atoms with Crippen LogP contribution >= 0.6 is 0 Å². The van der Waals surface area contributed by atoms with Gasteiger partial charge in [-0.3, -0.25) is 4.21 Å². The molecule has 0 aromatic carbocycles. The number of hydrogen-bond donors (Lipinski definition) is 2. The van der Waals surface area contributed by atoms with Crippen molar-refractivity contribution in [3.8, 4) is 0 Å². The quantitative estimate of drug-likeness (QED) is 0.788. The van der Waals surface area contributed by atoms with Gasteiger partial charge in [0, 0.05) is 41.0 Å². The highest BCUT2D eigenvalue weighted by Crippen LogP contribution is 2.20. The van der Waals surface area contributed by atoms with Crippen LogP contribution in [0.3, 0.4) is 0 Å². The van der Waals surface area contributed by atoms with Crippen molar-refractivity contribution in [1.29, 1.82) is 0 Å². The van der Waals surface area contributed by atoms with Crippen LogP contribution in [0, 0.1) is 0 Å². The third-order valence-corrected chi connectivity index (χ3v) is 3.48. The Bertz CT molecular complexity index is 411. The fourth-order valence-electron chi connectivity index (χ4n) is 1.82. The minimum atomic E-state index is -0.808. The van der Waals surface area contributed by atoms with E-state index in [0.717, 1.165) is 30.2 Å². The lowest BCUT2D eigenvalue weighted by Gasteiger charge is -2.17. The van der Waals surface area contributed by atoms with Gasteiger partial charge in [0.15, 0.2) is 0 Å². The van der Waals surface area contributed by atoms with Crippen molar-refractivity contribution in [2.45, 2.75) is 33.2 Å². The SMILES string of the molecule is CCNc1ncnc(NC(C)CS(C)=O)c1CC. The summed E-state index contributed by atoms with van der Waals surface area (Å²) in [5.74, 6) is 2.33. The summed E-state index contributed by atoms with van der Waals surface area (Å²) >= 11 is 0. The lowest BCUT2D eigenvalue weighted by Crippen LogP contribution is -2.24. The summed E-state index contributed by atoms with van der Waals surface area (Å²) in [5.41, 5.74) is 1.08. The average molecular weight is 270 g/mol. The standard InChI is InChI=1S/C12H22N4OS/c1-5-10-11(13-6-2)14-8-15-12(10)16-9(3)7-18(4)17/h8-9H,5-7H2,1-4H3,(H2,13,14,15,16). The fourth-order valence-corrected chi connectivity index (χ4v) is 2.61. The van der Waals surface area contributed by atoms with Crippen LogP contribution in [0.1, 0.15) is 26.3 Å². The molecule has 0 radical (unpaired) electrons. The summed E-state index contributed by atoms with van der Waals surface area (Å²) in [7, 11) is -0.808. The monoisotopic (exact) mass is 270 g/mol. The van der Waals surface area contributed by atoms with Crippen molar-refractivity contribution in [2.24, 2.45) is 0 Å². The Morgan fingerprint density at radius 3 is 2.56 bits per heavy atom. The Hall–Kier alpha value is -1.17. The van der Waals surface area contributed by atoms with E-state index in [0.29, 0.717) is 5.75 Å². The average Bonchev–Trinajstić information content (AvgIpc) is 2.28. The molecule has 6 heteroatoms. The van der Waals surface area contributed by atoms with Gasteiger partial charge in [-0.1, -0.05) is 6.92 Å². The smallest absolute Gasteiger partial charge is 0.134 e. The Morgan fingerprint density at radius 1 is 1.33 bits per heavy atom. The minimum Gasteiger partial charge on any atom is -0.370 e. The highest BCUT2D eigenvalue weighted by Gasteiger charge is 2.12. The molecule has 0 saturated heterocycles. The van der Waals surface area contributed by atoms with Crippen molar-refractivity contribution in [3.05, 3.63) is 11.9 Å². The van der Waals surface area contributed by atoms with Gasteiger partial charge < -0.3 is 10.6 Å². The summed E-state index contributed by atoms with van der Waals surface area (Å²) in [6.45, 7) is 6.96. The first-order valence-electron chi connectivity index (χ1n) is 6.22. The number of rotatable bonds is 7. The lowest BCUT2D eigenvalue weighted by molar-refractivity contribution is 0.682. The zero-order valence-corrected chi connectivity index (χ0v) is 12.3. The molecule has 2 unspecified atom stereocenters. The Morgan fingerprint density at radius 2 is 2.00 bits per heavy atom. The van der Waals surface area contributed by atoms with Gasteiger partial charge in [-0.25, -0.2) is 9.97 Å². The third kappa shape index (κ3) is 4.25. The van der Waals surface area contributed by atoms with Crippen LogP contribution in [0.2, 0.25) is 0 Å². The van der Waals surface area contributed by atoms with Crippen molar-refractivity contribution in [2.75, 3.05) is 29.2 Å². The molecular weight excluding hydrogens is 248 g/mol. The highest BCUT2D eigenvalue weighted by atomic mass is 32.2. The second-order valence-corrected chi connectivity index (χ2v) is 5.70. The second kappa shape index (κ2) is 7.31. The minimum absolute atomic E-state index is 0.130. The van der Waals surface area contributed by atoms with Crippen molar-refractivity contribution in [3.63, 3.8) is 0 Å². The summed E-state index contributed by atoms with van der Waals surface area (Å²) in [4.78, 5) is 8.52. The number of nitrogens with zero attached hydrogens (tertiary/aromatic N) is 2. The summed E-state index contributed by atoms with van der Waals surface area (Å²) in [6, 6.07) is 0.130. The number of nitrogens with one attached hydrogen (secondary N) is 2. The van der Waals surface area contributed by atoms with Gasteiger partial charge in [-0.2, -0.15) is 0 Å². The molecule has 5 nitrogen and oxygen atoms in total. The predicted octanol–water partition coefficient (Wildman–Crippen LogP) is 1.65. The molecular formula is C12H22N4OS. The predicted molar refractivity (Wildman–Crippen MR) is 77.6 cm³/mol. The molecule has 0 bridgehead atoms. The maximum atomic E-state index is 11.2. The number of aromatic nitrogens is 2. The van der Waals surface area contributed by atoms with Gasteiger partial charge in [0.2, 0.25) is 0 Å². The van der Waals surface area contributed by atoms with Gasteiger partial charge in [-0.05, 0) is 20.3 Å². The number of anilines is 2. The summed E-state index contributed by atoms with van der Waals surface area (Å²) in [5, 5.41) is 6.54. The molecule has 1 rings (SSSR count). The van der Waals surface area contributed by atoms with Crippen LogP contribution < -0.4 is 10.6 Å². The molecule has 0 aliphatic carbocycles. The number of hydrogen-bond acceptors (Lipinski definition) is 5. The van der Waals surface area contributed by atoms with Crippen LogP contribution in [-0.2, 0) is 17.2 Å². The summed E-state index contributed by atoms with van der Waals surface area (Å²) < 4.78 is 11.2. The first-order chi connectivity index (χ1) is 8.58. The van der Waals surface area contributed by atoms with Crippen molar-refractivity contribution >= 4 is 22.4 Å². The maximum Gasteiger partial charge on any atom is 0.134 e. The topological polar surface area (TPSA) is 66.9 Å². The molecule has 0 spiro atoms. The van der Waals surface area contributed by atoms with E-state index in [1.807, 2.05) is 13.8 Å². The molecule has 0 saturated carbocycles. The van der Waals surface area contributed by atoms with E-state index in [1.165, 1.54) is 0 Å². The van der Waals surface area contributed by atoms with Gasteiger partial charge in [-0.15, -0.1) is 0 Å². The van der Waals surface area contributed by atoms with E-state index >= 15 is 0 Å². The Kier molecular flexibility index (Phi) is 6.04.